The summed E-state index contributed by atoms with van der Waals surface area (Å²) in [6, 6.07) is 14.6. The number of ether oxygens (including phenoxy) is 1. The maximum absolute atomic E-state index is 13.3. The number of nitrogens with one attached hydrogen (secondary N) is 1. The van der Waals surface area contributed by atoms with Gasteiger partial charge in [-0.15, -0.1) is 0 Å². The number of hydrogen-bond donors (Lipinski definition) is 1. The molecule has 0 bridgehead atoms. The Labute approximate surface area is 196 Å². The van der Waals surface area contributed by atoms with Crippen LogP contribution in [0.5, 0.6) is 5.75 Å². The van der Waals surface area contributed by atoms with E-state index >= 15 is 0 Å². The van der Waals surface area contributed by atoms with Crippen molar-refractivity contribution in [1.82, 2.24) is 10.2 Å². The van der Waals surface area contributed by atoms with Crippen molar-refractivity contribution in [3.8, 4) is 5.75 Å². The molecule has 0 radical (unpaired) electrons. The van der Waals surface area contributed by atoms with Gasteiger partial charge >= 0.3 is 0 Å². The van der Waals surface area contributed by atoms with Crippen LogP contribution in [-0.2, 0) is 16.1 Å². The van der Waals surface area contributed by atoms with Gasteiger partial charge in [0.25, 0.3) is 5.91 Å². The largest absolute Gasteiger partial charge is 0.484 e. The summed E-state index contributed by atoms with van der Waals surface area (Å²) in [6.07, 6.45) is 5.99. The number of carbonyl (C=O) groups is 2. The molecule has 1 aliphatic carbocycles. The molecule has 0 aromatic heterocycles. The topological polar surface area (TPSA) is 58.6 Å². The zero-order valence-electron chi connectivity index (χ0n) is 19.0. The summed E-state index contributed by atoms with van der Waals surface area (Å²) in [6.45, 7) is 4.02. The molecule has 2 aromatic rings. The van der Waals surface area contributed by atoms with Crippen molar-refractivity contribution in [1.29, 1.82) is 0 Å². The highest BCUT2D eigenvalue weighted by Gasteiger charge is 2.31. The van der Waals surface area contributed by atoms with E-state index in [1.54, 1.807) is 11.0 Å². The molecule has 1 saturated carbocycles. The number of hydrogen-bond acceptors (Lipinski definition) is 3. The number of halogens is 1. The van der Waals surface area contributed by atoms with Crippen molar-refractivity contribution >= 4 is 23.4 Å². The standard InChI is InChI=1S/C26H33ClN2O3/c1-3-24(26(31)28-21-12-5-4-6-13-21)29(17-20-11-7-8-15-23(20)27)25(30)18-32-22-14-9-10-19(2)16-22/h7-11,14-16,21,24H,3-6,12-13,17-18H2,1-2H3,(H,28,31)/t24-/m1/s1. The van der Waals surface area contributed by atoms with Gasteiger partial charge < -0.3 is 15.0 Å². The molecule has 0 saturated heterocycles. The number of aryl methyl sites for hydroxylation is 1. The van der Waals surface area contributed by atoms with E-state index in [9.17, 15) is 9.59 Å². The second kappa shape index (κ2) is 11.9. The minimum absolute atomic E-state index is 0.102. The van der Waals surface area contributed by atoms with Crippen LogP contribution in [0.15, 0.2) is 48.5 Å². The quantitative estimate of drug-likeness (QED) is 0.558. The van der Waals surface area contributed by atoms with Gasteiger partial charge in [-0.1, -0.05) is 68.1 Å². The predicted molar refractivity (Wildman–Crippen MR) is 128 cm³/mol. The molecular weight excluding hydrogens is 424 g/mol. The molecule has 6 heteroatoms. The fourth-order valence-corrected chi connectivity index (χ4v) is 4.40. The first-order chi connectivity index (χ1) is 15.5. The Hall–Kier alpha value is -2.53. The zero-order valence-corrected chi connectivity index (χ0v) is 19.7. The van der Waals surface area contributed by atoms with Crippen LogP contribution in [0.3, 0.4) is 0 Å². The van der Waals surface area contributed by atoms with Gasteiger partial charge in [-0.05, 0) is 55.5 Å². The first kappa shape index (κ1) is 24.1. The second-order valence-electron chi connectivity index (χ2n) is 8.49. The third-order valence-electron chi connectivity index (χ3n) is 5.99. The van der Waals surface area contributed by atoms with E-state index in [1.807, 2.05) is 56.3 Å². The summed E-state index contributed by atoms with van der Waals surface area (Å²) in [5.41, 5.74) is 1.86. The highest BCUT2D eigenvalue weighted by atomic mass is 35.5. The third-order valence-corrected chi connectivity index (χ3v) is 6.36. The third kappa shape index (κ3) is 6.73. The predicted octanol–water partition coefficient (Wildman–Crippen LogP) is 5.28. The maximum Gasteiger partial charge on any atom is 0.261 e. The maximum atomic E-state index is 13.3. The van der Waals surface area contributed by atoms with Crippen LogP contribution in [0.4, 0.5) is 0 Å². The molecule has 2 aromatic carbocycles. The lowest BCUT2D eigenvalue weighted by atomic mass is 9.95. The van der Waals surface area contributed by atoms with Gasteiger partial charge in [-0.2, -0.15) is 0 Å². The monoisotopic (exact) mass is 456 g/mol. The molecule has 1 aliphatic rings. The average Bonchev–Trinajstić information content (AvgIpc) is 2.79. The van der Waals surface area contributed by atoms with Crippen molar-refractivity contribution in [2.45, 2.75) is 71.0 Å². The number of benzene rings is 2. The van der Waals surface area contributed by atoms with Crippen LogP contribution < -0.4 is 10.1 Å². The molecule has 32 heavy (non-hydrogen) atoms. The van der Waals surface area contributed by atoms with E-state index in [2.05, 4.69) is 5.32 Å². The van der Waals surface area contributed by atoms with Crippen LogP contribution >= 0.6 is 11.6 Å². The second-order valence-corrected chi connectivity index (χ2v) is 8.89. The van der Waals surface area contributed by atoms with Crippen molar-refractivity contribution in [2.75, 3.05) is 6.61 Å². The lowest BCUT2D eigenvalue weighted by Crippen LogP contribution is -2.52. The number of rotatable bonds is 9. The summed E-state index contributed by atoms with van der Waals surface area (Å²) < 4.78 is 5.77. The molecule has 0 heterocycles. The molecule has 0 unspecified atom stereocenters. The molecule has 1 N–H and O–H groups in total. The van der Waals surface area contributed by atoms with Crippen LogP contribution in [0.2, 0.25) is 5.02 Å². The molecular formula is C26H33ClN2O3. The van der Waals surface area contributed by atoms with Gasteiger partial charge in [0.05, 0.1) is 0 Å². The van der Waals surface area contributed by atoms with E-state index in [4.69, 9.17) is 16.3 Å². The van der Waals surface area contributed by atoms with Crippen molar-refractivity contribution in [3.05, 3.63) is 64.7 Å². The number of carbonyl (C=O) groups excluding carboxylic acids is 2. The van der Waals surface area contributed by atoms with Crippen LogP contribution in [0.25, 0.3) is 0 Å². The first-order valence-corrected chi connectivity index (χ1v) is 11.9. The van der Waals surface area contributed by atoms with E-state index in [-0.39, 0.29) is 31.0 Å². The van der Waals surface area contributed by atoms with E-state index < -0.39 is 6.04 Å². The Kier molecular flexibility index (Phi) is 8.98. The molecule has 172 valence electrons. The highest BCUT2D eigenvalue weighted by molar-refractivity contribution is 6.31. The van der Waals surface area contributed by atoms with E-state index in [0.717, 1.165) is 36.8 Å². The van der Waals surface area contributed by atoms with Crippen molar-refractivity contribution < 1.29 is 14.3 Å². The molecule has 2 amide bonds. The fraction of sp³-hybridized carbons (Fsp3) is 0.462. The minimum Gasteiger partial charge on any atom is -0.484 e. The molecule has 0 aliphatic heterocycles. The van der Waals surface area contributed by atoms with Crippen molar-refractivity contribution in [2.24, 2.45) is 0 Å². The van der Waals surface area contributed by atoms with Gasteiger partial charge in [-0.25, -0.2) is 0 Å². The van der Waals surface area contributed by atoms with E-state index in [0.29, 0.717) is 17.2 Å². The highest BCUT2D eigenvalue weighted by Crippen LogP contribution is 2.22. The summed E-state index contributed by atoms with van der Waals surface area (Å²) in [4.78, 5) is 28.1. The molecule has 1 atom stereocenters. The molecule has 0 spiro atoms. The Morgan fingerprint density at radius 1 is 1.12 bits per heavy atom. The first-order valence-electron chi connectivity index (χ1n) is 11.5. The number of amides is 2. The van der Waals surface area contributed by atoms with Gasteiger partial charge in [0.1, 0.15) is 11.8 Å². The molecule has 5 nitrogen and oxygen atoms in total. The average molecular weight is 457 g/mol. The fourth-order valence-electron chi connectivity index (χ4n) is 4.21. The van der Waals surface area contributed by atoms with Crippen molar-refractivity contribution in [3.63, 3.8) is 0 Å². The summed E-state index contributed by atoms with van der Waals surface area (Å²) in [5.74, 6) is 0.295. The lowest BCUT2D eigenvalue weighted by Gasteiger charge is -2.33. The lowest BCUT2D eigenvalue weighted by molar-refractivity contribution is -0.143. The van der Waals surface area contributed by atoms with Crippen LogP contribution in [-0.4, -0.2) is 35.4 Å². The Morgan fingerprint density at radius 2 is 1.88 bits per heavy atom. The van der Waals surface area contributed by atoms with Crippen LogP contribution in [0.1, 0.15) is 56.6 Å². The van der Waals surface area contributed by atoms with Crippen LogP contribution in [0, 0.1) is 6.92 Å². The minimum atomic E-state index is -0.582. The molecule has 1 fully saturated rings. The Morgan fingerprint density at radius 3 is 2.56 bits per heavy atom. The molecule has 3 rings (SSSR count). The van der Waals surface area contributed by atoms with E-state index in [1.165, 1.54) is 6.42 Å². The number of nitrogens with zero attached hydrogens (tertiary/aromatic N) is 1. The van der Waals surface area contributed by atoms with Gasteiger partial charge in [-0.3, -0.25) is 9.59 Å². The smallest absolute Gasteiger partial charge is 0.261 e. The summed E-state index contributed by atoms with van der Waals surface area (Å²) >= 11 is 6.38. The summed E-state index contributed by atoms with van der Waals surface area (Å²) in [5, 5.41) is 3.76. The normalized spacial score (nSPS) is 15.1. The van der Waals surface area contributed by atoms with Gasteiger partial charge in [0.2, 0.25) is 5.91 Å². The Bertz CT molecular complexity index is 911. The van der Waals surface area contributed by atoms with Gasteiger partial charge in [0.15, 0.2) is 6.61 Å². The van der Waals surface area contributed by atoms with Gasteiger partial charge in [0, 0.05) is 17.6 Å². The SMILES string of the molecule is CC[C@H](C(=O)NC1CCCCC1)N(Cc1ccccc1Cl)C(=O)COc1cccc(C)c1. The summed E-state index contributed by atoms with van der Waals surface area (Å²) in [7, 11) is 0. The Balaban J connectivity index is 1.76. The zero-order chi connectivity index (χ0) is 22.9.